The smallest absolute Gasteiger partial charge is 0.418 e. The van der Waals surface area contributed by atoms with E-state index in [9.17, 15) is 18.0 Å². The molecular weight excluding hydrogens is 271 g/mol. The zero-order valence-corrected chi connectivity index (χ0v) is 11.4. The quantitative estimate of drug-likeness (QED) is 0.836. The monoisotopic (exact) mass is 289 g/mol. The Morgan fingerprint density at radius 3 is 2.40 bits per heavy atom. The SMILES string of the molecule is CC(C)CC(CNc1ccccc1C(F)(F)F)C(=O)O. The van der Waals surface area contributed by atoms with Crippen molar-refractivity contribution in [3.8, 4) is 0 Å². The first-order chi connectivity index (χ1) is 9.21. The van der Waals surface area contributed by atoms with Crippen LogP contribution >= 0.6 is 0 Å². The van der Waals surface area contributed by atoms with Gasteiger partial charge in [0, 0.05) is 12.2 Å². The maximum atomic E-state index is 12.8. The summed E-state index contributed by atoms with van der Waals surface area (Å²) in [5, 5.41) is 11.7. The summed E-state index contributed by atoms with van der Waals surface area (Å²) in [6.07, 6.45) is -4.04. The highest BCUT2D eigenvalue weighted by Gasteiger charge is 2.33. The number of benzene rings is 1. The van der Waals surface area contributed by atoms with Crippen LogP contribution in [0.3, 0.4) is 0 Å². The molecule has 2 N–H and O–H groups in total. The van der Waals surface area contributed by atoms with Gasteiger partial charge in [0.2, 0.25) is 0 Å². The second kappa shape index (κ2) is 6.63. The molecule has 1 aromatic carbocycles. The van der Waals surface area contributed by atoms with E-state index in [0.717, 1.165) is 6.07 Å². The fourth-order valence-electron chi connectivity index (χ4n) is 1.96. The van der Waals surface area contributed by atoms with Crippen LogP contribution in [0.25, 0.3) is 0 Å². The maximum absolute atomic E-state index is 12.8. The minimum Gasteiger partial charge on any atom is -0.481 e. The highest BCUT2D eigenvalue weighted by molar-refractivity contribution is 5.71. The van der Waals surface area contributed by atoms with Crippen LogP contribution in [0.2, 0.25) is 0 Å². The molecule has 0 aliphatic carbocycles. The molecule has 0 amide bonds. The van der Waals surface area contributed by atoms with Gasteiger partial charge in [-0.1, -0.05) is 26.0 Å². The molecule has 0 fully saturated rings. The molecule has 112 valence electrons. The second-order valence-corrected chi connectivity index (χ2v) is 5.09. The number of carboxylic acids is 1. The molecule has 0 spiro atoms. The number of alkyl halides is 3. The second-order valence-electron chi connectivity index (χ2n) is 5.09. The van der Waals surface area contributed by atoms with Crippen molar-refractivity contribution in [2.45, 2.75) is 26.4 Å². The van der Waals surface area contributed by atoms with Gasteiger partial charge < -0.3 is 10.4 Å². The van der Waals surface area contributed by atoms with Crippen LogP contribution in [0.15, 0.2) is 24.3 Å². The van der Waals surface area contributed by atoms with Crippen LogP contribution in [0, 0.1) is 11.8 Å². The first-order valence-corrected chi connectivity index (χ1v) is 6.34. The van der Waals surface area contributed by atoms with Gasteiger partial charge in [0.1, 0.15) is 0 Å². The Balaban J connectivity index is 2.81. The largest absolute Gasteiger partial charge is 0.481 e. The Labute approximate surface area is 115 Å². The molecule has 1 unspecified atom stereocenters. The molecule has 0 aromatic heterocycles. The van der Waals surface area contributed by atoms with Crippen molar-refractivity contribution in [3.63, 3.8) is 0 Å². The first-order valence-electron chi connectivity index (χ1n) is 6.34. The molecule has 0 saturated heterocycles. The molecule has 1 aromatic rings. The van der Waals surface area contributed by atoms with Crippen LogP contribution in [0.1, 0.15) is 25.8 Å². The molecule has 0 radical (unpaired) electrons. The number of carbonyl (C=O) groups is 1. The lowest BCUT2D eigenvalue weighted by Gasteiger charge is -2.18. The number of hydrogen-bond donors (Lipinski definition) is 2. The number of para-hydroxylation sites is 1. The van der Waals surface area contributed by atoms with Gasteiger partial charge >= 0.3 is 12.1 Å². The van der Waals surface area contributed by atoms with E-state index in [1.54, 1.807) is 0 Å². The summed E-state index contributed by atoms with van der Waals surface area (Å²) in [7, 11) is 0. The molecule has 1 rings (SSSR count). The van der Waals surface area contributed by atoms with Gasteiger partial charge in [-0.05, 0) is 24.5 Å². The standard InChI is InChI=1S/C14H18F3NO2/c1-9(2)7-10(13(19)20)8-18-12-6-4-3-5-11(12)14(15,16)17/h3-6,9-10,18H,7-8H2,1-2H3,(H,19,20). The summed E-state index contributed by atoms with van der Waals surface area (Å²) in [6.45, 7) is 3.72. The number of carboxylic acid groups (broad SMARTS) is 1. The van der Waals surface area contributed by atoms with Crippen molar-refractivity contribution in [3.05, 3.63) is 29.8 Å². The average Bonchev–Trinajstić information content (AvgIpc) is 2.33. The van der Waals surface area contributed by atoms with Crippen molar-refractivity contribution in [1.82, 2.24) is 0 Å². The van der Waals surface area contributed by atoms with Crippen LogP contribution in [0.5, 0.6) is 0 Å². The Morgan fingerprint density at radius 2 is 1.90 bits per heavy atom. The zero-order chi connectivity index (χ0) is 15.3. The third kappa shape index (κ3) is 4.75. The van der Waals surface area contributed by atoms with Crippen molar-refractivity contribution in [2.75, 3.05) is 11.9 Å². The summed E-state index contributed by atoms with van der Waals surface area (Å²) >= 11 is 0. The number of anilines is 1. The lowest BCUT2D eigenvalue weighted by Crippen LogP contribution is -2.25. The van der Waals surface area contributed by atoms with E-state index in [0.29, 0.717) is 6.42 Å². The minimum atomic E-state index is -4.46. The van der Waals surface area contributed by atoms with Crippen LogP contribution in [-0.4, -0.2) is 17.6 Å². The van der Waals surface area contributed by atoms with E-state index < -0.39 is 23.6 Å². The third-order valence-electron chi connectivity index (χ3n) is 2.88. The minimum absolute atomic E-state index is 0.0272. The van der Waals surface area contributed by atoms with E-state index in [1.807, 2.05) is 13.8 Å². The Hall–Kier alpha value is -1.72. The van der Waals surface area contributed by atoms with E-state index in [2.05, 4.69) is 5.32 Å². The van der Waals surface area contributed by atoms with Crippen molar-refractivity contribution < 1.29 is 23.1 Å². The van der Waals surface area contributed by atoms with Crippen molar-refractivity contribution in [1.29, 1.82) is 0 Å². The lowest BCUT2D eigenvalue weighted by atomic mass is 9.97. The van der Waals surface area contributed by atoms with Gasteiger partial charge in [0.15, 0.2) is 0 Å². The van der Waals surface area contributed by atoms with E-state index >= 15 is 0 Å². The summed E-state index contributed by atoms with van der Waals surface area (Å²) in [5.41, 5.74) is -0.872. The van der Waals surface area contributed by atoms with Gasteiger partial charge in [-0.3, -0.25) is 4.79 Å². The lowest BCUT2D eigenvalue weighted by molar-refractivity contribution is -0.141. The average molecular weight is 289 g/mol. The topological polar surface area (TPSA) is 49.3 Å². The Morgan fingerprint density at radius 1 is 1.30 bits per heavy atom. The molecule has 0 saturated carbocycles. The predicted octanol–water partition coefficient (Wildman–Crippen LogP) is 3.86. The zero-order valence-electron chi connectivity index (χ0n) is 11.4. The summed E-state index contributed by atoms with van der Waals surface area (Å²) in [6, 6.07) is 5.06. The summed E-state index contributed by atoms with van der Waals surface area (Å²) in [4.78, 5) is 11.1. The first kappa shape index (κ1) is 16.3. The summed E-state index contributed by atoms with van der Waals surface area (Å²) in [5.74, 6) is -1.55. The van der Waals surface area contributed by atoms with E-state index in [4.69, 9.17) is 5.11 Å². The fraction of sp³-hybridized carbons (Fsp3) is 0.500. The molecule has 0 aliphatic heterocycles. The summed E-state index contributed by atoms with van der Waals surface area (Å²) < 4.78 is 38.4. The van der Waals surface area contributed by atoms with Crippen molar-refractivity contribution >= 4 is 11.7 Å². The number of aliphatic carboxylic acids is 1. The van der Waals surface area contributed by atoms with Gasteiger partial charge in [-0.2, -0.15) is 13.2 Å². The molecule has 3 nitrogen and oxygen atoms in total. The van der Waals surface area contributed by atoms with E-state index in [-0.39, 0.29) is 18.2 Å². The highest BCUT2D eigenvalue weighted by atomic mass is 19.4. The molecule has 0 heterocycles. The number of rotatable bonds is 6. The molecule has 20 heavy (non-hydrogen) atoms. The number of nitrogens with one attached hydrogen (secondary N) is 1. The normalized spacial score (nSPS) is 13.3. The Kier molecular flexibility index (Phi) is 5.42. The maximum Gasteiger partial charge on any atom is 0.418 e. The molecule has 6 heteroatoms. The van der Waals surface area contributed by atoms with Crippen LogP contribution in [-0.2, 0) is 11.0 Å². The molecule has 1 atom stereocenters. The predicted molar refractivity (Wildman–Crippen MR) is 70.5 cm³/mol. The van der Waals surface area contributed by atoms with Crippen LogP contribution in [0.4, 0.5) is 18.9 Å². The van der Waals surface area contributed by atoms with Gasteiger partial charge in [-0.15, -0.1) is 0 Å². The molecule has 0 aliphatic rings. The van der Waals surface area contributed by atoms with Gasteiger partial charge in [0.05, 0.1) is 11.5 Å². The highest BCUT2D eigenvalue weighted by Crippen LogP contribution is 2.34. The number of halogens is 3. The van der Waals surface area contributed by atoms with E-state index in [1.165, 1.54) is 18.2 Å². The third-order valence-corrected chi connectivity index (χ3v) is 2.88. The molecule has 0 bridgehead atoms. The fourth-order valence-corrected chi connectivity index (χ4v) is 1.96. The van der Waals surface area contributed by atoms with Gasteiger partial charge in [0.25, 0.3) is 0 Å². The van der Waals surface area contributed by atoms with Crippen LogP contribution < -0.4 is 5.32 Å². The Bertz CT molecular complexity index is 458. The number of hydrogen-bond acceptors (Lipinski definition) is 2. The van der Waals surface area contributed by atoms with Gasteiger partial charge in [-0.25, -0.2) is 0 Å². The van der Waals surface area contributed by atoms with Crippen molar-refractivity contribution in [2.24, 2.45) is 11.8 Å². The molecular formula is C14H18F3NO2.